The number of carbonyl (C=O) groups excluding carboxylic acids is 3. The van der Waals surface area contributed by atoms with Crippen LogP contribution in [0, 0.1) is 0 Å². The average molecular weight is 256 g/mol. The van der Waals surface area contributed by atoms with Crippen LogP contribution in [-0.2, 0) is 28.6 Å². The van der Waals surface area contributed by atoms with Crippen LogP contribution < -0.4 is 0 Å². The second kappa shape index (κ2) is 63.1. The fourth-order valence-electron chi connectivity index (χ4n) is 0.136. The van der Waals surface area contributed by atoms with E-state index in [1.165, 1.54) is 7.11 Å². The van der Waals surface area contributed by atoms with E-state index in [0.29, 0.717) is 32.6 Å². The molecule has 0 spiro atoms. The standard InChI is InChI=1S/2C3H6O2.C2H4O2.3CH4/c2*1-2-5-3-4;1-4-2-3;;;/h2*3H,2H2,1H3;2H,1H3;3*1H4. The molecule has 0 fully saturated rings. The van der Waals surface area contributed by atoms with Crippen molar-refractivity contribution in [1.82, 2.24) is 0 Å². The molecular formula is C11H28O6. The molecule has 17 heavy (non-hydrogen) atoms. The summed E-state index contributed by atoms with van der Waals surface area (Å²) in [5.74, 6) is 0. The van der Waals surface area contributed by atoms with Crippen molar-refractivity contribution in [3.05, 3.63) is 0 Å². The molecule has 0 aliphatic heterocycles. The van der Waals surface area contributed by atoms with Gasteiger partial charge in [0.15, 0.2) is 0 Å². The molecular weight excluding hydrogens is 228 g/mol. The van der Waals surface area contributed by atoms with E-state index in [1.807, 2.05) is 0 Å². The summed E-state index contributed by atoms with van der Waals surface area (Å²) in [6.45, 7) is 5.70. The SMILES string of the molecule is C.C.C.CCOC=O.CCOC=O.COC=O. The summed E-state index contributed by atoms with van der Waals surface area (Å²) in [4.78, 5) is 27.3. The van der Waals surface area contributed by atoms with Gasteiger partial charge in [0.1, 0.15) is 0 Å². The zero-order chi connectivity index (χ0) is 11.7. The zero-order valence-electron chi connectivity index (χ0n) is 8.60. The molecule has 108 valence electrons. The van der Waals surface area contributed by atoms with E-state index in [-0.39, 0.29) is 22.3 Å². The first-order valence-corrected chi connectivity index (χ1v) is 3.81. The lowest BCUT2D eigenvalue weighted by Gasteiger charge is -1.79. The molecule has 0 N–H and O–H groups in total. The van der Waals surface area contributed by atoms with Crippen LogP contribution in [0.5, 0.6) is 0 Å². The van der Waals surface area contributed by atoms with Crippen molar-refractivity contribution in [1.29, 1.82) is 0 Å². The summed E-state index contributed by atoms with van der Waals surface area (Å²) in [7, 11) is 1.31. The van der Waals surface area contributed by atoms with E-state index >= 15 is 0 Å². The number of hydrogen-bond acceptors (Lipinski definition) is 6. The van der Waals surface area contributed by atoms with Crippen LogP contribution in [0.3, 0.4) is 0 Å². The first-order chi connectivity index (χ1) is 6.74. The molecule has 0 unspecified atom stereocenters. The highest BCUT2D eigenvalue weighted by molar-refractivity contribution is 5.36. The maximum absolute atomic E-state index is 9.18. The Labute approximate surface area is 105 Å². The van der Waals surface area contributed by atoms with Gasteiger partial charge in [-0.1, -0.05) is 22.3 Å². The van der Waals surface area contributed by atoms with E-state index < -0.39 is 0 Å². The summed E-state index contributed by atoms with van der Waals surface area (Å²) in [5, 5.41) is 0. The highest BCUT2D eigenvalue weighted by Crippen LogP contribution is 1.55. The Balaban J connectivity index is -0.0000000247. The van der Waals surface area contributed by atoms with Gasteiger partial charge in [-0.05, 0) is 13.8 Å². The maximum Gasteiger partial charge on any atom is 0.293 e. The topological polar surface area (TPSA) is 78.9 Å². The normalized spacial score (nSPS) is 5.12. The van der Waals surface area contributed by atoms with Gasteiger partial charge in [-0.3, -0.25) is 14.4 Å². The average Bonchev–Trinajstić information content (AvgIpc) is 2.22. The Morgan fingerprint density at radius 3 is 1.00 bits per heavy atom. The van der Waals surface area contributed by atoms with Gasteiger partial charge in [0.25, 0.3) is 19.4 Å². The van der Waals surface area contributed by atoms with Crippen molar-refractivity contribution in [2.75, 3.05) is 20.3 Å². The van der Waals surface area contributed by atoms with Crippen molar-refractivity contribution in [3.63, 3.8) is 0 Å². The quantitative estimate of drug-likeness (QED) is 0.553. The molecule has 0 aromatic heterocycles. The minimum atomic E-state index is 0. The van der Waals surface area contributed by atoms with Gasteiger partial charge in [0.05, 0.1) is 20.3 Å². The van der Waals surface area contributed by atoms with Crippen molar-refractivity contribution in [2.45, 2.75) is 36.1 Å². The fraction of sp³-hybridized carbons (Fsp3) is 0.727. The van der Waals surface area contributed by atoms with E-state index in [2.05, 4.69) is 14.2 Å². The molecule has 0 heterocycles. The summed E-state index contributed by atoms with van der Waals surface area (Å²) in [5.41, 5.74) is 0. The van der Waals surface area contributed by atoms with Gasteiger partial charge >= 0.3 is 0 Å². The molecule has 0 saturated heterocycles. The van der Waals surface area contributed by atoms with E-state index in [4.69, 9.17) is 4.79 Å². The number of methoxy groups -OCH3 is 1. The van der Waals surface area contributed by atoms with Gasteiger partial charge in [-0.15, -0.1) is 0 Å². The second-order valence-electron chi connectivity index (χ2n) is 1.44. The fourth-order valence-corrected chi connectivity index (χ4v) is 0.136. The predicted molar refractivity (Wildman–Crippen MR) is 68.6 cm³/mol. The van der Waals surface area contributed by atoms with Crippen LogP contribution in [0.2, 0.25) is 0 Å². The van der Waals surface area contributed by atoms with Crippen molar-refractivity contribution in [3.8, 4) is 0 Å². The largest absolute Gasteiger partial charge is 0.471 e. The van der Waals surface area contributed by atoms with Crippen molar-refractivity contribution in [2.24, 2.45) is 0 Å². The molecule has 0 aromatic carbocycles. The molecule has 0 aliphatic rings. The summed E-state index contributed by atoms with van der Waals surface area (Å²) >= 11 is 0. The molecule has 0 radical (unpaired) electrons. The van der Waals surface area contributed by atoms with Crippen LogP contribution in [0.25, 0.3) is 0 Å². The Hall–Kier alpha value is -1.59. The minimum absolute atomic E-state index is 0. The minimum Gasteiger partial charge on any atom is -0.471 e. The molecule has 0 saturated carbocycles. The smallest absolute Gasteiger partial charge is 0.293 e. The number of hydrogen-bond donors (Lipinski definition) is 0. The molecule has 0 bridgehead atoms. The third-order valence-corrected chi connectivity index (χ3v) is 0.566. The summed E-state index contributed by atoms with van der Waals surface area (Å²) in [6, 6.07) is 0. The maximum atomic E-state index is 9.18. The first kappa shape index (κ1) is 36.1. The van der Waals surface area contributed by atoms with Crippen LogP contribution >= 0.6 is 0 Å². The Bertz CT molecular complexity index is 107. The Morgan fingerprint density at radius 1 is 0.765 bits per heavy atom. The number of rotatable bonds is 5. The van der Waals surface area contributed by atoms with E-state index in [9.17, 15) is 9.59 Å². The lowest BCUT2D eigenvalue weighted by atomic mass is 10.9. The van der Waals surface area contributed by atoms with Gasteiger partial charge in [0.2, 0.25) is 0 Å². The van der Waals surface area contributed by atoms with Crippen LogP contribution in [0.4, 0.5) is 0 Å². The molecule has 0 amide bonds. The molecule has 0 atom stereocenters. The molecule has 6 heteroatoms. The van der Waals surface area contributed by atoms with E-state index in [1.54, 1.807) is 13.8 Å². The van der Waals surface area contributed by atoms with Crippen LogP contribution in [0.1, 0.15) is 36.1 Å². The van der Waals surface area contributed by atoms with Crippen molar-refractivity contribution >= 4 is 19.4 Å². The van der Waals surface area contributed by atoms with Gasteiger partial charge in [-0.2, -0.15) is 0 Å². The third kappa shape index (κ3) is 191. The van der Waals surface area contributed by atoms with Gasteiger partial charge in [0, 0.05) is 0 Å². The Kier molecular flexibility index (Phi) is 134. The van der Waals surface area contributed by atoms with Crippen molar-refractivity contribution < 1.29 is 28.6 Å². The highest BCUT2D eigenvalue weighted by Gasteiger charge is 1.61. The molecule has 0 rings (SSSR count). The van der Waals surface area contributed by atoms with Crippen LogP contribution in [-0.4, -0.2) is 39.7 Å². The molecule has 0 aliphatic carbocycles. The summed E-state index contributed by atoms with van der Waals surface area (Å²) < 4.78 is 12.2. The molecule has 0 aromatic rings. The van der Waals surface area contributed by atoms with E-state index in [0.717, 1.165) is 0 Å². The predicted octanol–water partition coefficient (Wildman–Crippen LogP) is 2.06. The van der Waals surface area contributed by atoms with Gasteiger partial charge in [-0.25, -0.2) is 0 Å². The monoisotopic (exact) mass is 256 g/mol. The highest BCUT2D eigenvalue weighted by atomic mass is 16.5. The lowest BCUT2D eigenvalue weighted by molar-refractivity contribution is -0.129. The molecule has 6 nitrogen and oxygen atoms in total. The van der Waals surface area contributed by atoms with Crippen LogP contribution in [0.15, 0.2) is 0 Å². The zero-order valence-corrected chi connectivity index (χ0v) is 8.60. The second-order valence-corrected chi connectivity index (χ2v) is 1.44. The number of carbonyl (C=O) groups is 3. The third-order valence-electron chi connectivity index (χ3n) is 0.566. The lowest BCUT2D eigenvalue weighted by Crippen LogP contribution is -1.80. The number of ether oxygens (including phenoxy) is 3. The summed E-state index contributed by atoms with van der Waals surface area (Å²) in [6.07, 6.45) is 0. The first-order valence-electron chi connectivity index (χ1n) is 3.81. The Morgan fingerprint density at radius 2 is 1.00 bits per heavy atom. The van der Waals surface area contributed by atoms with Gasteiger partial charge < -0.3 is 14.2 Å².